The van der Waals surface area contributed by atoms with Gasteiger partial charge in [0.2, 0.25) is 0 Å². The lowest BCUT2D eigenvalue weighted by Crippen LogP contribution is -2.37. The quantitative estimate of drug-likeness (QED) is 0.681. The summed E-state index contributed by atoms with van der Waals surface area (Å²) in [6.45, 7) is 3.39. The van der Waals surface area contributed by atoms with Crippen LogP contribution in [0.5, 0.6) is 0 Å². The smallest absolute Gasteiger partial charge is 0.00978 e. The lowest BCUT2D eigenvalue weighted by atomic mass is 9.74. The van der Waals surface area contributed by atoms with Gasteiger partial charge in [-0.3, -0.25) is 0 Å². The Labute approximate surface area is 75.9 Å². The van der Waals surface area contributed by atoms with E-state index in [0.29, 0.717) is 0 Å². The zero-order valence-electron chi connectivity index (χ0n) is 8.18. The largest absolute Gasteiger partial charge is 0.314 e. The third-order valence-corrected chi connectivity index (χ3v) is 3.79. The second-order valence-corrected chi connectivity index (χ2v) is 4.45. The molecule has 1 nitrogen and oxygen atoms in total. The molecule has 0 bridgehead atoms. The molecule has 1 heteroatoms. The van der Waals surface area contributed by atoms with Crippen molar-refractivity contribution in [3.8, 4) is 0 Å². The second-order valence-electron chi connectivity index (χ2n) is 4.45. The maximum absolute atomic E-state index is 3.64. The van der Waals surface area contributed by atoms with E-state index in [-0.39, 0.29) is 0 Å². The monoisotopic (exact) mass is 167 g/mol. The number of nitrogens with one attached hydrogen (secondary N) is 1. The molecule has 0 spiro atoms. The first-order chi connectivity index (χ1) is 5.92. The Morgan fingerprint density at radius 3 is 2.42 bits per heavy atom. The van der Waals surface area contributed by atoms with Crippen LogP contribution in [0.25, 0.3) is 0 Å². The Morgan fingerprint density at radius 2 is 1.83 bits per heavy atom. The highest BCUT2D eigenvalue weighted by atomic mass is 14.9. The van der Waals surface area contributed by atoms with Crippen molar-refractivity contribution in [2.75, 3.05) is 6.54 Å². The highest BCUT2D eigenvalue weighted by molar-refractivity contribution is 4.90. The average Bonchev–Trinajstić information content (AvgIpc) is 2.35. The van der Waals surface area contributed by atoms with Gasteiger partial charge in [0.25, 0.3) is 0 Å². The molecular formula is C11H21N. The molecule has 0 radical (unpaired) electrons. The van der Waals surface area contributed by atoms with Crippen molar-refractivity contribution in [3.05, 3.63) is 0 Å². The minimum atomic E-state index is 0.875. The van der Waals surface area contributed by atoms with Gasteiger partial charge in [-0.05, 0) is 31.2 Å². The molecule has 70 valence electrons. The first kappa shape index (κ1) is 8.55. The van der Waals surface area contributed by atoms with Crippen LogP contribution in [-0.2, 0) is 0 Å². The lowest BCUT2D eigenvalue weighted by molar-refractivity contribution is 0.181. The van der Waals surface area contributed by atoms with E-state index in [2.05, 4.69) is 12.2 Å². The molecule has 2 aliphatic rings. The van der Waals surface area contributed by atoms with Crippen LogP contribution in [0.15, 0.2) is 0 Å². The van der Waals surface area contributed by atoms with E-state index in [1.54, 1.807) is 0 Å². The minimum absolute atomic E-state index is 0.875. The molecule has 0 aliphatic heterocycles. The van der Waals surface area contributed by atoms with Crippen LogP contribution in [0, 0.1) is 11.8 Å². The van der Waals surface area contributed by atoms with Gasteiger partial charge in [-0.25, -0.2) is 0 Å². The molecule has 0 aromatic heterocycles. The highest BCUT2D eigenvalue weighted by Gasteiger charge is 2.35. The normalized spacial score (nSPS) is 36.8. The van der Waals surface area contributed by atoms with Gasteiger partial charge in [-0.2, -0.15) is 0 Å². The Balaban J connectivity index is 1.85. The number of hydrogen-bond donors (Lipinski definition) is 1. The molecule has 0 heterocycles. The predicted octanol–water partition coefficient (Wildman–Crippen LogP) is 2.56. The molecule has 0 aromatic rings. The van der Waals surface area contributed by atoms with Gasteiger partial charge in [0.1, 0.15) is 0 Å². The van der Waals surface area contributed by atoms with Crippen LogP contribution in [0.4, 0.5) is 0 Å². The van der Waals surface area contributed by atoms with Gasteiger partial charge in [-0.1, -0.05) is 32.6 Å². The summed E-state index contributed by atoms with van der Waals surface area (Å²) in [6, 6.07) is 0.875. The zero-order chi connectivity index (χ0) is 8.39. The van der Waals surface area contributed by atoms with Crippen molar-refractivity contribution in [2.24, 2.45) is 11.8 Å². The molecule has 12 heavy (non-hydrogen) atoms. The Kier molecular flexibility index (Phi) is 2.69. The van der Waals surface area contributed by atoms with Crippen LogP contribution < -0.4 is 5.32 Å². The standard InChI is InChI=1S/C11H21N/c1-2-12-11-8-4-7-10(11)9-5-3-6-9/h9-12H,2-8H2,1H3. The summed E-state index contributed by atoms with van der Waals surface area (Å²) >= 11 is 0. The lowest BCUT2D eigenvalue weighted by Gasteiger charge is -2.35. The van der Waals surface area contributed by atoms with Crippen LogP contribution in [0.1, 0.15) is 45.4 Å². The molecule has 2 unspecified atom stereocenters. The van der Waals surface area contributed by atoms with Crippen LogP contribution in [-0.4, -0.2) is 12.6 Å². The summed E-state index contributed by atoms with van der Waals surface area (Å²) in [5.74, 6) is 2.13. The first-order valence-electron chi connectivity index (χ1n) is 5.65. The first-order valence-corrected chi connectivity index (χ1v) is 5.65. The predicted molar refractivity (Wildman–Crippen MR) is 52.1 cm³/mol. The molecule has 0 saturated heterocycles. The van der Waals surface area contributed by atoms with E-state index in [9.17, 15) is 0 Å². The van der Waals surface area contributed by atoms with Gasteiger partial charge in [0.15, 0.2) is 0 Å². The van der Waals surface area contributed by atoms with Gasteiger partial charge < -0.3 is 5.32 Å². The minimum Gasteiger partial charge on any atom is -0.314 e. The highest BCUT2D eigenvalue weighted by Crippen LogP contribution is 2.42. The Hall–Kier alpha value is -0.0400. The van der Waals surface area contributed by atoms with E-state index in [0.717, 1.165) is 24.4 Å². The SMILES string of the molecule is CCNC1CCCC1C1CCC1. The van der Waals surface area contributed by atoms with E-state index < -0.39 is 0 Å². The van der Waals surface area contributed by atoms with Crippen LogP contribution in [0.3, 0.4) is 0 Å². The van der Waals surface area contributed by atoms with E-state index in [1.807, 2.05) is 0 Å². The zero-order valence-corrected chi connectivity index (χ0v) is 8.18. The summed E-state index contributed by atoms with van der Waals surface area (Å²) < 4.78 is 0. The second kappa shape index (κ2) is 3.78. The third kappa shape index (κ3) is 1.52. The molecule has 0 amide bonds. The van der Waals surface area contributed by atoms with Gasteiger partial charge in [0, 0.05) is 6.04 Å². The van der Waals surface area contributed by atoms with Gasteiger partial charge >= 0.3 is 0 Å². The van der Waals surface area contributed by atoms with E-state index >= 15 is 0 Å². The maximum atomic E-state index is 3.64. The van der Waals surface area contributed by atoms with Crippen molar-refractivity contribution in [3.63, 3.8) is 0 Å². The number of hydrogen-bond acceptors (Lipinski definition) is 1. The summed E-state index contributed by atoms with van der Waals surface area (Å²) in [5, 5.41) is 3.64. The third-order valence-electron chi connectivity index (χ3n) is 3.79. The summed E-state index contributed by atoms with van der Waals surface area (Å²) in [5.41, 5.74) is 0. The molecule has 2 rings (SSSR count). The summed E-state index contributed by atoms with van der Waals surface area (Å²) in [6.07, 6.45) is 8.95. The maximum Gasteiger partial charge on any atom is 0.00978 e. The van der Waals surface area contributed by atoms with Crippen molar-refractivity contribution in [1.82, 2.24) is 5.32 Å². The van der Waals surface area contributed by atoms with Crippen molar-refractivity contribution >= 4 is 0 Å². The van der Waals surface area contributed by atoms with Crippen molar-refractivity contribution < 1.29 is 0 Å². The van der Waals surface area contributed by atoms with Gasteiger partial charge in [0.05, 0.1) is 0 Å². The topological polar surface area (TPSA) is 12.0 Å². The van der Waals surface area contributed by atoms with Crippen LogP contribution >= 0.6 is 0 Å². The number of rotatable bonds is 3. The molecular weight excluding hydrogens is 146 g/mol. The Morgan fingerprint density at radius 1 is 1.08 bits per heavy atom. The molecule has 1 N–H and O–H groups in total. The fourth-order valence-corrected chi connectivity index (χ4v) is 2.94. The Bertz CT molecular complexity index is 140. The molecule has 2 aliphatic carbocycles. The van der Waals surface area contributed by atoms with Crippen molar-refractivity contribution in [1.29, 1.82) is 0 Å². The van der Waals surface area contributed by atoms with E-state index in [1.165, 1.54) is 38.5 Å². The van der Waals surface area contributed by atoms with Crippen molar-refractivity contribution in [2.45, 2.75) is 51.5 Å². The fraction of sp³-hybridized carbons (Fsp3) is 1.00. The summed E-state index contributed by atoms with van der Waals surface area (Å²) in [7, 11) is 0. The molecule has 2 fully saturated rings. The summed E-state index contributed by atoms with van der Waals surface area (Å²) in [4.78, 5) is 0. The molecule has 2 saturated carbocycles. The van der Waals surface area contributed by atoms with Crippen LogP contribution in [0.2, 0.25) is 0 Å². The van der Waals surface area contributed by atoms with Gasteiger partial charge in [-0.15, -0.1) is 0 Å². The fourth-order valence-electron chi connectivity index (χ4n) is 2.94. The van der Waals surface area contributed by atoms with E-state index in [4.69, 9.17) is 0 Å². The molecule has 0 aromatic carbocycles. The molecule has 2 atom stereocenters. The average molecular weight is 167 g/mol.